The second kappa shape index (κ2) is 7.16. The molecular weight excluding hydrogens is 375 g/mol. The van der Waals surface area contributed by atoms with E-state index in [0.717, 1.165) is 10.0 Å². The van der Waals surface area contributed by atoms with Gasteiger partial charge >= 0.3 is 0 Å². The Kier molecular flexibility index (Phi) is 5.51. The third-order valence-corrected chi connectivity index (χ3v) is 4.00. The third kappa shape index (κ3) is 4.37. The van der Waals surface area contributed by atoms with Crippen LogP contribution in [-0.4, -0.2) is 5.91 Å². The molecule has 0 heterocycles. The Labute approximate surface area is 141 Å². The predicted molar refractivity (Wildman–Crippen MR) is 92.0 cm³/mol. The summed E-state index contributed by atoms with van der Waals surface area (Å²) in [5.41, 5.74) is 7.90. The first-order chi connectivity index (χ1) is 9.97. The van der Waals surface area contributed by atoms with E-state index in [9.17, 15) is 4.79 Å². The Hall–Kier alpha value is -1.23. The van der Waals surface area contributed by atoms with Crippen molar-refractivity contribution in [1.29, 1.82) is 0 Å². The van der Waals surface area contributed by atoms with Crippen LogP contribution < -0.4 is 11.1 Å². The second-order valence-corrected chi connectivity index (χ2v) is 6.22. The van der Waals surface area contributed by atoms with Crippen LogP contribution in [-0.2, 0) is 11.2 Å². The number of carbonyl (C=O) groups excluding carboxylic acids is 1. The molecule has 1 amide bonds. The summed E-state index contributed by atoms with van der Waals surface area (Å²) in [6, 6.07) is 10.8. The molecule has 6 heteroatoms. The fourth-order valence-electron chi connectivity index (χ4n) is 1.87. The first kappa shape index (κ1) is 16.1. The van der Waals surface area contributed by atoms with Crippen molar-refractivity contribution in [2.75, 3.05) is 11.1 Å². The van der Waals surface area contributed by atoms with Gasteiger partial charge in [-0.2, -0.15) is 0 Å². The molecule has 2 aromatic rings. The molecule has 0 saturated heterocycles. The lowest BCUT2D eigenvalue weighted by atomic mass is 10.1. The van der Waals surface area contributed by atoms with E-state index in [2.05, 4.69) is 21.2 Å². The van der Waals surface area contributed by atoms with Crippen molar-refractivity contribution in [2.45, 2.75) is 12.8 Å². The standard InChI is InChI=1S/C15H13BrCl2N2O/c16-10-7-11(17)15(12(18)8-10)20-14(21)6-5-9-3-1-2-4-13(9)19/h1-4,7-8H,5-6,19H2,(H,20,21). The van der Waals surface area contributed by atoms with Gasteiger partial charge in [-0.05, 0) is 30.2 Å². The van der Waals surface area contributed by atoms with Crippen LogP contribution >= 0.6 is 39.1 Å². The average molecular weight is 388 g/mol. The molecule has 0 aromatic heterocycles. The number of nitrogens with one attached hydrogen (secondary N) is 1. The van der Waals surface area contributed by atoms with Crippen LogP contribution in [0.2, 0.25) is 10.0 Å². The number of halogens is 3. The normalized spacial score (nSPS) is 10.4. The van der Waals surface area contributed by atoms with E-state index in [4.69, 9.17) is 28.9 Å². The minimum Gasteiger partial charge on any atom is -0.399 e. The van der Waals surface area contributed by atoms with Crippen molar-refractivity contribution < 1.29 is 4.79 Å². The van der Waals surface area contributed by atoms with Crippen LogP contribution in [0.3, 0.4) is 0 Å². The fraction of sp³-hybridized carbons (Fsp3) is 0.133. The Balaban J connectivity index is 2.01. The van der Waals surface area contributed by atoms with Crippen LogP contribution in [0.4, 0.5) is 11.4 Å². The predicted octanol–water partition coefficient (Wildman–Crippen LogP) is 4.91. The monoisotopic (exact) mass is 386 g/mol. The number of hydrogen-bond donors (Lipinski definition) is 2. The van der Waals surface area contributed by atoms with Gasteiger partial charge in [0.2, 0.25) is 5.91 Å². The van der Waals surface area contributed by atoms with Gasteiger partial charge in [-0.1, -0.05) is 57.3 Å². The van der Waals surface area contributed by atoms with Crippen LogP contribution in [0.1, 0.15) is 12.0 Å². The highest BCUT2D eigenvalue weighted by atomic mass is 79.9. The molecule has 0 radical (unpaired) electrons. The van der Waals surface area contributed by atoms with Crippen LogP contribution in [0.15, 0.2) is 40.9 Å². The summed E-state index contributed by atoms with van der Waals surface area (Å²) in [6.07, 6.45) is 0.862. The molecule has 0 spiro atoms. The number of nitrogen functional groups attached to an aromatic ring is 1. The van der Waals surface area contributed by atoms with E-state index in [1.165, 1.54) is 0 Å². The van der Waals surface area contributed by atoms with Gasteiger partial charge in [0, 0.05) is 16.6 Å². The van der Waals surface area contributed by atoms with Gasteiger partial charge in [0.25, 0.3) is 0 Å². The molecular formula is C15H13BrCl2N2O. The summed E-state index contributed by atoms with van der Waals surface area (Å²) in [5, 5.41) is 3.51. The molecule has 0 saturated carbocycles. The van der Waals surface area contributed by atoms with Crippen molar-refractivity contribution in [3.05, 3.63) is 56.5 Å². The Morgan fingerprint density at radius 2 is 1.81 bits per heavy atom. The lowest BCUT2D eigenvalue weighted by Crippen LogP contribution is -2.13. The molecule has 0 aliphatic rings. The second-order valence-electron chi connectivity index (χ2n) is 4.49. The van der Waals surface area contributed by atoms with Gasteiger partial charge in [0.05, 0.1) is 15.7 Å². The molecule has 2 rings (SSSR count). The van der Waals surface area contributed by atoms with E-state index in [0.29, 0.717) is 34.3 Å². The maximum Gasteiger partial charge on any atom is 0.224 e. The number of aryl methyl sites for hydroxylation is 1. The first-order valence-electron chi connectivity index (χ1n) is 6.25. The zero-order valence-corrected chi connectivity index (χ0v) is 14.1. The molecule has 0 aliphatic heterocycles. The average Bonchev–Trinajstić information content (AvgIpc) is 2.42. The van der Waals surface area contributed by atoms with Crippen LogP contribution in [0, 0.1) is 0 Å². The summed E-state index contributed by atoms with van der Waals surface area (Å²) in [5.74, 6) is -0.163. The highest BCUT2D eigenvalue weighted by Gasteiger charge is 2.11. The van der Waals surface area contributed by atoms with E-state index >= 15 is 0 Å². The quantitative estimate of drug-likeness (QED) is 0.732. The number of rotatable bonds is 4. The fourth-order valence-corrected chi connectivity index (χ4v) is 3.18. The van der Waals surface area contributed by atoms with Gasteiger partial charge in [0.1, 0.15) is 0 Å². The van der Waals surface area contributed by atoms with E-state index in [1.54, 1.807) is 12.1 Å². The summed E-state index contributed by atoms with van der Waals surface area (Å²) >= 11 is 15.4. The van der Waals surface area contributed by atoms with E-state index in [-0.39, 0.29) is 5.91 Å². The molecule has 0 atom stereocenters. The summed E-state index contributed by atoms with van der Waals surface area (Å²) in [6.45, 7) is 0. The number of benzene rings is 2. The Morgan fingerprint density at radius 3 is 2.43 bits per heavy atom. The SMILES string of the molecule is Nc1ccccc1CCC(=O)Nc1c(Cl)cc(Br)cc1Cl. The minimum absolute atomic E-state index is 0.163. The molecule has 110 valence electrons. The van der Waals surface area contributed by atoms with Crippen molar-refractivity contribution in [1.82, 2.24) is 0 Å². The lowest BCUT2D eigenvalue weighted by molar-refractivity contribution is -0.116. The van der Waals surface area contributed by atoms with Crippen molar-refractivity contribution >= 4 is 56.4 Å². The Morgan fingerprint density at radius 1 is 1.19 bits per heavy atom. The molecule has 0 bridgehead atoms. The van der Waals surface area contributed by atoms with Crippen molar-refractivity contribution in [2.24, 2.45) is 0 Å². The van der Waals surface area contributed by atoms with E-state index < -0.39 is 0 Å². The zero-order valence-electron chi connectivity index (χ0n) is 11.0. The zero-order chi connectivity index (χ0) is 15.4. The molecule has 2 aromatic carbocycles. The third-order valence-electron chi connectivity index (χ3n) is 2.95. The number of carbonyl (C=O) groups is 1. The molecule has 0 aliphatic carbocycles. The number of para-hydroxylation sites is 1. The maximum atomic E-state index is 12.0. The van der Waals surface area contributed by atoms with Crippen LogP contribution in [0.25, 0.3) is 0 Å². The highest BCUT2D eigenvalue weighted by Crippen LogP contribution is 2.33. The number of anilines is 2. The first-order valence-corrected chi connectivity index (χ1v) is 7.80. The van der Waals surface area contributed by atoms with E-state index in [1.807, 2.05) is 24.3 Å². The van der Waals surface area contributed by atoms with Gasteiger partial charge < -0.3 is 11.1 Å². The highest BCUT2D eigenvalue weighted by molar-refractivity contribution is 9.10. The van der Waals surface area contributed by atoms with Crippen LogP contribution in [0.5, 0.6) is 0 Å². The number of amides is 1. The lowest BCUT2D eigenvalue weighted by Gasteiger charge is -2.10. The number of hydrogen-bond acceptors (Lipinski definition) is 2. The minimum atomic E-state index is -0.163. The molecule has 3 N–H and O–H groups in total. The molecule has 0 unspecified atom stereocenters. The summed E-state index contributed by atoms with van der Waals surface area (Å²) < 4.78 is 0.757. The topological polar surface area (TPSA) is 55.1 Å². The smallest absolute Gasteiger partial charge is 0.224 e. The number of nitrogens with two attached hydrogens (primary N) is 1. The van der Waals surface area contributed by atoms with Gasteiger partial charge in [0.15, 0.2) is 0 Å². The van der Waals surface area contributed by atoms with Gasteiger partial charge in [-0.25, -0.2) is 0 Å². The summed E-state index contributed by atoms with van der Waals surface area (Å²) in [4.78, 5) is 12.0. The van der Waals surface area contributed by atoms with Gasteiger partial charge in [-0.15, -0.1) is 0 Å². The largest absolute Gasteiger partial charge is 0.399 e. The molecule has 3 nitrogen and oxygen atoms in total. The van der Waals surface area contributed by atoms with Crippen molar-refractivity contribution in [3.63, 3.8) is 0 Å². The van der Waals surface area contributed by atoms with Gasteiger partial charge in [-0.3, -0.25) is 4.79 Å². The maximum absolute atomic E-state index is 12.0. The van der Waals surface area contributed by atoms with Crippen molar-refractivity contribution in [3.8, 4) is 0 Å². The Bertz CT molecular complexity index is 653. The summed E-state index contributed by atoms with van der Waals surface area (Å²) in [7, 11) is 0. The molecule has 21 heavy (non-hydrogen) atoms. The molecule has 0 fully saturated rings.